The molecule has 0 aliphatic heterocycles. The lowest BCUT2D eigenvalue weighted by Gasteiger charge is -2.09. The first-order valence-corrected chi connectivity index (χ1v) is 6.91. The van der Waals surface area contributed by atoms with Crippen LogP contribution in [0, 0.1) is 5.82 Å². The van der Waals surface area contributed by atoms with E-state index in [9.17, 15) is 4.39 Å². The molecule has 0 unspecified atom stereocenters. The van der Waals surface area contributed by atoms with Gasteiger partial charge in [0.05, 0.1) is 0 Å². The lowest BCUT2D eigenvalue weighted by atomic mass is 10.2. The number of benzene rings is 2. The van der Waals surface area contributed by atoms with Crippen molar-refractivity contribution in [1.29, 1.82) is 0 Å². The first-order valence-electron chi connectivity index (χ1n) is 6.11. The highest BCUT2D eigenvalue weighted by Crippen LogP contribution is 2.27. The Kier molecular flexibility index (Phi) is 4.93. The minimum absolute atomic E-state index is 0.269. The quantitative estimate of drug-likeness (QED) is 0.875. The van der Waals surface area contributed by atoms with Crippen LogP contribution in [0.2, 0.25) is 0 Å². The van der Waals surface area contributed by atoms with E-state index in [1.165, 1.54) is 17.7 Å². The van der Waals surface area contributed by atoms with E-state index >= 15 is 0 Å². The molecule has 100 valence electrons. The van der Waals surface area contributed by atoms with Gasteiger partial charge in [-0.15, -0.1) is 0 Å². The van der Waals surface area contributed by atoms with Crippen molar-refractivity contribution in [2.24, 2.45) is 0 Å². The van der Waals surface area contributed by atoms with Crippen LogP contribution in [0.25, 0.3) is 0 Å². The Bertz CT molecular complexity index is 542. The Morgan fingerprint density at radius 2 is 1.79 bits per heavy atom. The van der Waals surface area contributed by atoms with E-state index in [4.69, 9.17) is 4.74 Å². The largest absolute Gasteiger partial charge is 0.457 e. The van der Waals surface area contributed by atoms with Gasteiger partial charge in [-0.3, -0.25) is 0 Å². The average molecular weight is 324 g/mol. The Balaban J connectivity index is 2.09. The number of rotatable bonds is 5. The summed E-state index contributed by atoms with van der Waals surface area (Å²) in [5, 5.41) is 3.27. The fourth-order valence-corrected chi connectivity index (χ4v) is 2.13. The predicted octanol–water partition coefficient (Wildman–Crippen LogP) is 4.49. The summed E-state index contributed by atoms with van der Waals surface area (Å²) in [6.07, 6.45) is 0. The second-order valence-corrected chi connectivity index (χ2v) is 4.94. The number of hydrogen-bond acceptors (Lipinski definition) is 2. The van der Waals surface area contributed by atoms with E-state index < -0.39 is 0 Å². The smallest absolute Gasteiger partial charge is 0.128 e. The Morgan fingerprint density at radius 3 is 2.42 bits per heavy atom. The molecule has 0 spiro atoms. The highest BCUT2D eigenvalue weighted by Gasteiger charge is 2.03. The van der Waals surface area contributed by atoms with Crippen molar-refractivity contribution >= 4 is 15.9 Å². The molecule has 19 heavy (non-hydrogen) atoms. The first kappa shape index (κ1) is 14.0. The Hall–Kier alpha value is -1.39. The molecule has 2 rings (SSSR count). The second-order valence-electron chi connectivity index (χ2n) is 4.09. The molecule has 4 heteroatoms. The summed E-state index contributed by atoms with van der Waals surface area (Å²) >= 11 is 3.52. The van der Waals surface area contributed by atoms with E-state index in [2.05, 4.69) is 28.2 Å². The average Bonchev–Trinajstić information content (AvgIpc) is 2.41. The molecule has 0 aromatic heterocycles. The van der Waals surface area contributed by atoms with Crippen LogP contribution in [0.5, 0.6) is 11.5 Å². The van der Waals surface area contributed by atoms with E-state index in [1.54, 1.807) is 12.1 Å². The standard InChI is InChI=1S/C15H15BrFNO/c1-2-18-10-11-3-6-14(9-15(11)16)19-13-7-4-12(17)5-8-13/h3-9,18H,2,10H2,1H3. The number of hydrogen-bond donors (Lipinski definition) is 1. The van der Waals surface area contributed by atoms with Crippen molar-refractivity contribution in [3.63, 3.8) is 0 Å². The highest BCUT2D eigenvalue weighted by molar-refractivity contribution is 9.10. The molecule has 0 amide bonds. The van der Waals surface area contributed by atoms with Gasteiger partial charge in [0.25, 0.3) is 0 Å². The van der Waals surface area contributed by atoms with Gasteiger partial charge in [0, 0.05) is 11.0 Å². The van der Waals surface area contributed by atoms with Crippen LogP contribution in [0.4, 0.5) is 4.39 Å². The molecule has 0 saturated carbocycles. The number of nitrogens with one attached hydrogen (secondary N) is 1. The molecule has 1 N–H and O–H groups in total. The second kappa shape index (κ2) is 6.68. The summed E-state index contributed by atoms with van der Waals surface area (Å²) in [5.74, 6) is 1.07. The van der Waals surface area contributed by atoms with Crippen molar-refractivity contribution in [2.75, 3.05) is 6.54 Å². The minimum atomic E-state index is -0.269. The summed E-state index contributed by atoms with van der Waals surface area (Å²) in [6.45, 7) is 3.81. The van der Waals surface area contributed by atoms with Crippen molar-refractivity contribution in [1.82, 2.24) is 5.32 Å². The molecule has 2 aromatic rings. The summed E-state index contributed by atoms with van der Waals surface area (Å²) in [7, 11) is 0. The topological polar surface area (TPSA) is 21.3 Å². The molecule has 0 aliphatic rings. The van der Waals surface area contributed by atoms with Crippen LogP contribution in [-0.2, 0) is 6.54 Å². The monoisotopic (exact) mass is 323 g/mol. The maximum absolute atomic E-state index is 12.8. The van der Waals surface area contributed by atoms with Gasteiger partial charge in [0.2, 0.25) is 0 Å². The van der Waals surface area contributed by atoms with Gasteiger partial charge >= 0.3 is 0 Å². The summed E-state index contributed by atoms with van der Waals surface area (Å²) in [4.78, 5) is 0. The zero-order valence-corrected chi connectivity index (χ0v) is 12.2. The molecule has 0 bridgehead atoms. The van der Waals surface area contributed by atoms with E-state index in [1.807, 2.05) is 18.2 Å². The molecule has 0 heterocycles. The predicted molar refractivity (Wildman–Crippen MR) is 78.0 cm³/mol. The van der Waals surface area contributed by atoms with Gasteiger partial charge in [-0.2, -0.15) is 0 Å². The molecule has 2 nitrogen and oxygen atoms in total. The summed E-state index contributed by atoms with van der Waals surface area (Å²) in [5.41, 5.74) is 1.17. The van der Waals surface area contributed by atoms with Gasteiger partial charge < -0.3 is 10.1 Å². The van der Waals surface area contributed by atoms with Crippen molar-refractivity contribution in [3.8, 4) is 11.5 Å². The third-order valence-electron chi connectivity index (χ3n) is 2.64. The van der Waals surface area contributed by atoms with Gasteiger partial charge in [-0.1, -0.05) is 28.9 Å². The molecular weight excluding hydrogens is 309 g/mol. The molecule has 0 aliphatic carbocycles. The highest BCUT2D eigenvalue weighted by atomic mass is 79.9. The Morgan fingerprint density at radius 1 is 1.11 bits per heavy atom. The summed E-state index contributed by atoms with van der Waals surface area (Å²) in [6, 6.07) is 11.8. The van der Waals surface area contributed by atoms with Crippen LogP contribution < -0.4 is 10.1 Å². The van der Waals surface area contributed by atoms with Gasteiger partial charge in [0.1, 0.15) is 17.3 Å². The normalized spacial score (nSPS) is 10.5. The molecular formula is C15H15BrFNO. The lowest BCUT2D eigenvalue weighted by Crippen LogP contribution is -2.11. The maximum atomic E-state index is 12.8. The van der Waals surface area contributed by atoms with Crippen molar-refractivity contribution < 1.29 is 9.13 Å². The zero-order chi connectivity index (χ0) is 13.7. The van der Waals surface area contributed by atoms with Gasteiger partial charge in [-0.25, -0.2) is 4.39 Å². The SMILES string of the molecule is CCNCc1ccc(Oc2ccc(F)cc2)cc1Br. The minimum Gasteiger partial charge on any atom is -0.457 e. The third-order valence-corrected chi connectivity index (χ3v) is 3.38. The molecule has 2 aromatic carbocycles. The van der Waals surface area contributed by atoms with Crippen molar-refractivity contribution in [3.05, 3.63) is 58.3 Å². The van der Waals surface area contributed by atoms with Gasteiger partial charge in [0.15, 0.2) is 0 Å². The zero-order valence-electron chi connectivity index (χ0n) is 10.6. The maximum Gasteiger partial charge on any atom is 0.128 e. The third kappa shape index (κ3) is 4.04. The van der Waals surface area contributed by atoms with E-state index in [-0.39, 0.29) is 5.82 Å². The lowest BCUT2D eigenvalue weighted by molar-refractivity contribution is 0.480. The first-order chi connectivity index (χ1) is 9.19. The molecule has 0 radical (unpaired) electrons. The van der Waals surface area contributed by atoms with Crippen LogP contribution in [-0.4, -0.2) is 6.54 Å². The molecule has 0 fully saturated rings. The Labute approximate surface area is 120 Å². The fourth-order valence-electron chi connectivity index (χ4n) is 1.63. The van der Waals surface area contributed by atoms with Gasteiger partial charge in [-0.05, 0) is 48.5 Å². The number of ether oxygens (including phenoxy) is 1. The molecule has 0 atom stereocenters. The van der Waals surface area contributed by atoms with Crippen LogP contribution in [0.3, 0.4) is 0 Å². The summed E-state index contributed by atoms with van der Waals surface area (Å²) < 4.78 is 19.4. The van der Waals surface area contributed by atoms with Crippen LogP contribution >= 0.6 is 15.9 Å². The van der Waals surface area contributed by atoms with Crippen molar-refractivity contribution in [2.45, 2.75) is 13.5 Å². The number of halogens is 2. The van der Waals surface area contributed by atoms with E-state index in [0.29, 0.717) is 5.75 Å². The molecule has 0 saturated heterocycles. The van der Waals surface area contributed by atoms with Crippen LogP contribution in [0.1, 0.15) is 12.5 Å². The van der Waals surface area contributed by atoms with E-state index in [0.717, 1.165) is 23.3 Å². The fraction of sp³-hybridized carbons (Fsp3) is 0.200. The van der Waals surface area contributed by atoms with Crippen LogP contribution in [0.15, 0.2) is 46.9 Å².